The van der Waals surface area contributed by atoms with Crippen molar-refractivity contribution < 1.29 is 4.74 Å². The lowest BCUT2D eigenvalue weighted by molar-refractivity contribution is 0.306. The molecule has 0 atom stereocenters. The van der Waals surface area contributed by atoms with Gasteiger partial charge in [0.05, 0.1) is 10.7 Å². The third kappa shape index (κ3) is 4.85. The standard InChI is InChI=1S/C21H17Cl2NO/c1-15-4-2-3-5-20(15)24-13-17-8-11-21(19(23)12-17)25-14-16-6-9-18(22)10-7-16/h2-13H,14H2,1H3. The van der Waals surface area contributed by atoms with Crippen LogP contribution in [0.5, 0.6) is 5.75 Å². The highest BCUT2D eigenvalue weighted by atomic mass is 35.5. The van der Waals surface area contributed by atoms with Crippen LogP contribution in [0.1, 0.15) is 16.7 Å². The van der Waals surface area contributed by atoms with Crippen LogP contribution < -0.4 is 4.74 Å². The van der Waals surface area contributed by atoms with Gasteiger partial charge in [0.2, 0.25) is 0 Å². The highest BCUT2D eigenvalue weighted by molar-refractivity contribution is 6.32. The Labute approximate surface area is 157 Å². The van der Waals surface area contributed by atoms with Gasteiger partial charge in [-0.15, -0.1) is 0 Å². The zero-order valence-electron chi connectivity index (χ0n) is 13.7. The van der Waals surface area contributed by atoms with Crippen molar-refractivity contribution in [3.8, 4) is 5.75 Å². The summed E-state index contributed by atoms with van der Waals surface area (Å²) in [5, 5.41) is 1.27. The zero-order valence-corrected chi connectivity index (χ0v) is 15.3. The van der Waals surface area contributed by atoms with Gasteiger partial charge in [-0.2, -0.15) is 0 Å². The molecule has 0 aromatic heterocycles. The maximum Gasteiger partial charge on any atom is 0.138 e. The van der Waals surface area contributed by atoms with Crippen LogP contribution in [-0.4, -0.2) is 6.21 Å². The lowest BCUT2D eigenvalue weighted by Crippen LogP contribution is -1.96. The summed E-state index contributed by atoms with van der Waals surface area (Å²) in [6, 6.07) is 21.2. The molecule has 0 N–H and O–H groups in total. The van der Waals surface area contributed by atoms with Crippen LogP contribution in [0.2, 0.25) is 10.0 Å². The molecule has 0 unspecified atom stereocenters. The van der Waals surface area contributed by atoms with Crippen LogP contribution in [0.4, 0.5) is 5.69 Å². The molecule has 0 saturated heterocycles. The van der Waals surface area contributed by atoms with Crippen LogP contribution in [0, 0.1) is 6.92 Å². The molecular weight excluding hydrogens is 353 g/mol. The Balaban J connectivity index is 1.68. The zero-order chi connectivity index (χ0) is 17.6. The third-order valence-corrected chi connectivity index (χ3v) is 4.28. The monoisotopic (exact) mass is 369 g/mol. The molecule has 0 heterocycles. The molecule has 0 bridgehead atoms. The lowest BCUT2D eigenvalue weighted by Gasteiger charge is -2.09. The van der Waals surface area contributed by atoms with Gasteiger partial charge in [-0.05, 0) is 60.0 Å². The average Bonchev–Trinajstić information content (AvgIpc) is 2.62. The molecule has 3 aromatic rings. The number of hydrogen-bond acceptors (Lipinski definition) is 2. The van der Waals surface area contributed by atoms with Gasteiger partial charge in [-0.1, -0.05) is 53.5 Å². The van der Waals surface area contributed by atoms with Crippen molar-refractivity contribution in [3.63, 3.8) is 0 Å². The molecule has 126 valence electrons. The second-order valence-electron chi connectivity index (χ2n) is 5.65. The topological polar surface area (TPSA) is 21.6 Å². The summed E-state index contributed by atoms with van der Waals surface area (Å²) in [6.45, 7) is 2.47. The third-order valence-electron chi connectivity index (χ3n) is 3.73. The molecule has 0 fully saturated rings. The minimum absolute atomic E-state index is 0.438. The van der Waals surface area contributed by atoms with Crippen molar-refractivity contribution in [2.24, 2.45) is 4.99 Å². The summed E-state index contributed by atoms with van der Waals surface area (Å²) in [5.74, 6) is 0.643. The molecule has 0 aliphatic rings. The van der Waals surface area contributed by atoms with Gasteiger partial charge < -0.3 is 4.74 Å². The number of halogens is 2. The van der Waals surface area contributed by atoms with Gasteiger partial charge in [0, 0.05) is 11.2 Å². The van der Waals surface area contributed by atoms with E-state index in [1.807, 2.05) is 73.7 Å². The number of ether oxygens (including phenoxy) is 1. The van der Waals surface area contributed by atoms with Crippen LogP contribution in [0.25, 0.3) is 0 Å². The van der Waals surface area contributed by atoms with Crippen LogP contribution in [-0.2, 0) is 6.61 Å². The van der Waals surface area contributed by atoms with E-state index in [1.54, 1.807) is 6.21 Å². The van der Waals surface area contributed by atoms with E-state index in [4.69, 9.17) is 27.9 Å². The highest BCUT2D eigenvalue weighted by Crippen LogP contribution is 2.26. The molecule has 0 saturated carbocycles. The summed E-state index contributed by atoms with van der Waals surface area (Å²) in [5.41, 5.74) is 4.03. The van der Waals surface area contributed by atoms with Crippen LogP contribution in [0.15, 0.2) is 71.7 Å². The van der Waals surface area contributed by atoms with E-state index in [2.05, 4.69) is 4.99 Å². The van der Waals surface area contributed by atoms with Crippen LogP contribution >= 0.6 is 23.2 Å². The van der Waals surface area contributed by atoms with Gasteiger partial charge in [0.15, 0.2) is 0 Å². The minimum Gasteiger partial charge on any atom is -0.487 e. The number of para-hydroxylation sites is 1. The van der Waals surface area contributed by atoms with Gasteiger partial charge in [-0.3, -0.25) is 4.99 Å². The fourth-order valence-electron chi connectivity index (χ4n) is 2.31. The second kappa shape index (κ2) is 8.19. The molecular formula is C21H17Cl2NO. The number of hydrogen-bond donors (Lipinski definition) is 0. The van der Waals surface area contributed by atoms with Crippen molar-refractivity contribution in [3.05, 3.63) is 93.5 Å². The molecule has 0 aliphatic carbocycles. The van der Waals surface area contributed by atoms with E-state index in [0.29, 0.717) is 22.4 Å². The summed E-state index contributed by atoms with van der Waals surface area (Å²) in [7, 11) is 0. The fraction of sp³-hybridized carbons (Fsp3) is 0.0952. The number of aliphatic imine (C=N–C) groups is 1. The molecule has 2 nitrogen and oxygen atoms in total. The summed E-state index contributed by atoms with van der Waals surface area (Å²) in [4.78, 5) is 4.51. The Hall–Kier alpha value is -2.29. The first kappa shape index (κ1) is 17.5. The quantitative estimate of drug-likeness (QED) is 0.462. The first-order valence-electron chi connectivity index (χ1n) is 7.88. The molecule has 3 aromatic carbocycles. The van der Waals surface area contributed by atoms with Crippen LogP contribution in [0.3, 0.4) is 0 Å². The van der Waals surface area contributed by atoms with E-state index in [-0.39, 0.29) is 0 Å². The molecule has 3 rings (SSSR count). The van der Waals surface area contributed by atoms with Gasteiger partial charge in [-0.25, -0.2) is 0 Å². The van der Waals surface area contributed by atoms with Crippen molar-refractivity contribution in [1.29, 1.82) is 0 Å². The largest absolute Gasteiger partial charge is 0.487 e. The molecule has 4 heteroatoms. The maximum atomic E-state index is 6.33. The SMILES string of the molecule is Cc1ccccc1N=Cc1ccc(OCc2ccc(Cl)cc2)c(Cl)c1. The molecule has 25 heavy (non-hydrogen) atoms. The second-order valence-corrected chi connectivity index (χ2v) is 6.49. The lowest BCUT2D eigenvalue weighted by atomic mass is 10.2. The molecule has 0 radical (unpaired) electrons. The van der Waals surface area contributed by atoms with E-state index in [1.165, 1.54) is 0 Å². The fourth-order valence-corrected chi connectivity index (χ4v) is 2.68. The number of nitrogens with zero attached hydrogens (tertiary/aromatic N) is 1. The normalized spacial score (nSPS) is 11.0. The molecule has 0 spiro atoms. The van der Waals surface area contributed by atoms with E-state index in [0.717, 1.165) is 22.4 Å². The van der Waals surface area contributed by atoms with E-state index in [9.17, 15) is 0 Å². The maximum absolute atomic E-state index is 6.33. The van der Waals surface area contributed by atoms with Gasteiger partial charge in [0.1, 0.15) is 12.4 Å². The van der Waals surface area contributed by atoms with Crippen molar-refractivity contribution >= 4 is 35.1 Å². The number of rotatable bonds is 5. The minimum atomic E-state index is 0.438. The Morgan fingerprint density at radius 2 is 1.72 bits per heavy atom. The number of benzene rings is 3. The Bertz CT molecular complexity index is 889. The van der Waals surface area contributed by atoms with E-state index >= 15 is 0 Å². The van der Waals surface area contributed by atoms with Crippen molar-refractivity contribution in [2.75, 3.05) is 0 Å². The Morgan fingerprint density at radius 1 is 0.960 bits per heavy atom. The summed E-state index contributed by atoms with van der Waals surface area (Å²) in [6.07, 6.45) is 1.80. The van der Waals surface area contributed by atoms with Crippen molar-refractivity contribution in [1.82, 2.24) is 0 Å². The molecule has 0 aliphatic heterocycles. The van der Waals surface area contributed by atoms with E-state index < -0.39 is 0 Å². The predicted molar refractivity (Wildman–Crippen MR) is 106 cm³/mol. The smallest absolute Gasteiger partial charge is 0.138 e. The van der Waals surface area contributed by atoms with Crippen molar-refractivity contribution in [2.45, 2.75) is 13.5 Å². The predicted octanol–water partition coefficient (Wildman–Crippen LogP) is 6.63. The van der Waals surface area contributed by atoms with Gasteiger partial charge in [0.25, 0.3) is 0 Å². The Kier molecular flexibility index (Phi) is 5.75. The Morgan fingerprint density at radius 3 is 2.44 bits per heavy atom. The number of aryl methyl sites for hydroxylation is 1. The van der Waals surface area contributed by atoms with Gasteiger partial charge >= 0.3 is 0 Å². The summed E-state index contributed by atoms with van der Waals surface area (Å²) >= 11 is 12.2. The first-order chi connectivity index (χ1) is 12.1. The highest BCUT2D eigenvalue weighted by Gasteiger charge is 2.03. The summed E-state index contributed by atoms with van der Waals surface area (Å²) < 4.78 is 5.78. The first-order valence-corrected chi connectivity index (χ1v) is 8.64. The average molecular weight is 370 g/mol. The molecule has 0 amide bonds.